The molecule has 0 saturated carbocycles. The summed E-state index contributed by atoms with van der Waals surface area (Å²) < 4.78 is 10.9. The molecule has 108 valence electrons. The molecule has 0 unspecified atom stereocenters. The SMILES string of the molecule is C=CC[C@]1(c2cc(OC)ccc2OC)C=CN(C)CC1. The lowest BCUT2D eigenvalue weighted by Gasteiger charge is -2.37. The topological polar surface area (TPSA) is 21.7 Å². The molecule has 1 aliphatic rings. The molecule has 0 bridgehead atoms. The minimum atomic E-state index is -0.0614. The van der Waals surface area contributed by atoms with Gasteiger partial charge in [0.1, 0.15) is 11.5 Å². The fraction of sp³-hybridized carbons (Fsp3) is 0.412. The maximum Gasteiger partial charge on any atom is 0.123 e. The van der Waals surface area contributed by atoms with E-state index in [0.29, 0.717) is 0 Å². The van der Waals surface area contributed by atoms with Crippen LogP contribution >= 0.6 is 0 Å². The Kier molecular flexibility index (Phi) is 4.38. The van der Waals surface area contributed by atoms with Crippen LogP contribution in [0.25, 0.3) is 0 Å². The summed E-state index contributed by atoms with van der Waals surface area (Å²) in [5.74, 6) is 1.76. The molecule has 0 radical (unpaired) electrons. The second-order valence-electron chi connectivity index (χ2n) is 5.26. The Morgan fingerprint density at radius 1 is 1.35 bits per heavy atom. The number of rotatable bonds is 5. The first-order chi connectivity index (χ1) is 9.65. The van der Waals surface area contributed by atoms with Crippen LogP contribution in [0.3, 0.4) is 0 Å². The lowest BCUT2D eigenvalue weighted by Crippen LogP contribution is -2.33. The molecule has 2 rings (SSSR count). The quantitative estimate of drug-likeness (QED) is 0.768. The van der Waals surface area contributed by atoms with E-state index in [0.717, 1.165) is 30.9 Å². The minimum absolute atomic E-state index is 0.0614. The smallest absolute Gasteiger partial charge is 0.123 e. The summed E-state index contributed by atoms with van der Waals surface area (Å²) in [7, 11) is 5.50. The maximum atomic E-state index is 5.56. The van der Waals surface area contributed by atoms with Crippen LogP contribution in [-0.4, -0.2) is 32.7 Å². The van der Waals surface area contributed by atoms with E-state index in [1.54, 1.807) is 14.2 Å². The van der Waals surface area contributed by atoms with E-state index in [9.17, 15) is 0 Å². The second kappa shape index (κ2) is 6.04. The highest BCUT2D eigenvalue weighted by atomic mass is 16.5. The van der Waals surface area contributed by atoms with E-state index in [1.807, 2.05) is 18.2 Å². The highest BCUT2D eigenvalue weighted by Crippen LogP contribution is 2.42. The molecular formula is C17H23NO2. The van der Waals surface area contributed by atoms with E-state index < -0.39 is 0 Å². The Balaban J connectivity index is 2.53. The van der Waals surface area contributed by atoms with Gasteiger partial charge in [0, 0.05) is 24.6 Å². The van der Waals surface area contributed by atoms with Crippen molar-refractivity contribution in [1.29, 1.82) is 0 Å². The van der Waals surface area contributed by atoms with Crippen LogP contribution in [0.15, 0.2) is 43.1 Å². The van der Waals surface area contributed by atoms with Crippen molar-refractivity contribution in [2.75, 3.05) is 27.8 Å². The molecule has 0 aromatic heterocycles. The first kappa shape index (κ1) is 14.5. The summed E-state index contributed by atoms with van der Waals surface area (Å²) in [5, 5.41) is 0. The zero-order valence-corrected chi connectivity index (χ0v) is 12.6. The average Bonchev–Trinajstić information content (AvgIpc) is 2.49. The molecule has 3 heteroatoms. The van der Waals surface area contributed by atoms with Gasteiger partial charge in [-0.05, 0) is 37.2 Å². The van der Waals surface area contributed by atoms with Gasteiger partial charge in [-0.3, -0.25) is 0 Å². The molecule has 0 N–H and O–H groups in total. The lowest BCUT2D eigenvalue weighted by atomic mass is 9.73. The third-order valence-corrected chi connectivity index (χ3v) is 4.01. The number of nitrogens with zero attached hydrogens (tertiary/aromatic N) is 1. The molecule has 1 aromatic carbocycles. The number of benzene rings is 1. The van der Waals surface area contributed by atoms with Crippen molar-refractivity contribution in [2.45, 2.75) is 18.3 Å². The zero-order valence-electron chi connectivity index (χ0n) is 12.6. The van der Waals surface area contributed by atoms with Gasteiger partial charge in [-0.25, -0.2) is 0 Å². The fourth-order valence-corrected chi connectivity index (χ4v) is 2.77. The largest absolute Gasteiger partial charge is 0.497 e. The van der Waals surface area contributed by atoms with Crippen LogP contribution in [0.2, 0.25) is 0 Å². The van der Waals surface area contributed by atoms with Crippen molar-refractivity contribution in [3.8, 4) is 11.5 Å². The van der Waals surface area contributed by atoms with Crippen molar-refractivity contribution in [2.24, 2.45) is 0 Å². The van der Waals surface area contributed by atoms with E-state index in [-0.39, 0.29) is 5.41 Å². The summed E-state index contributed by atoms with van der Waals surface area (Å²) in [5.41, 5.74) is 1.11. The number of hydrogen-bond acceptors (Lipinski definition) is 3. The van der Waals surface area contributed by atoms with E-state index in [2.05, 4.69) is 36.9 Å². The Morgan fingerprint density at radius 2 is 2.15 bits per heavy atom. The average molecular weight is 273 g/mol. The van der Waals surface area contributed by atoms with Crippen LogP contribution in [0.4, 0.5) is 0 Å². The standard InChI is InChI=1S/C17H23NO2/c1-5-8-17(9-11-18(2)12-10-17)15-13-14(19-3)6-7-16(15)20-4/h5-7,9,11,13H,1,8,10,12H2,2-4H3/t17-/m0/s1. The van der Waals surface area contributed by atoms with Crippen molar-refractivity contribution in [1.82, 2.24) is 4.90 Å². The second-order valence-corrected chi connectivity index (χ2v) is 5.26. The molecule has 0 aliphatic carbocycles. The van der Waals surface area contributed by atoms with Crippen LogP contribution in [0.5, 0.6) is 11.5 Å². The molecule has 0 spiro atoms. The van der Waals surface area contributed by atoms with Crippen LogP contribution in [-0.2, 0) is 5.41 Å². The first-order valence-electron chi connectivity index (χ1n) is 6.88. The van der Waals surface area contributed by atoms with Crippen LogP contribution in [0.1, 0.15) is 18.4 Å². The van der Waals surface area contributed by atoms with Crippen LogP contribution < -0.4 is 9.47 Å². The Bertz CT molecular complexity index is 510. The number of hydrogen-bond donors (Lipinski definition) is 0. The van der Waals surface area contributed by atoms with E-state index in [4.69, 9.17) is 9.47 Å². The molecule has 0 fully saturated rings. The fourth-order valence-electron chi connectivity index (χ4n) is 2.77. The first-order valence-corrected chi connectivity index (χ1v) is 6.88. The summed E-state index contributed by atoms with van der Waals surface area (Å²) in [6.07, 6.45) is 8.31. The molecule has 0 saturated heterocycles. The predicted octanol–water partition coefficient (Wildman–Crippen LogP) is 3.37. The molecular weight excluding hydrogens is 250 g/mol. The van der Waals surface area contributed by atoms with Gasteiger partial charge in [-0.2, -0.15) is 0 Å². The van der Waals surface area contributed by atoms with Gasteiger partial charge in [0.05, 0.1) is 14.2 Å². The van der Waals surface area contributed by atoms with Gasteiger partial charge in [0.2, 0.25) is 0 Å². The third-order valence-electron chi connectivity index (χ3n) is 4.01. The normalized spacial score (nSPS) is 21.6. The lowest BCUT2D eigenvalue weighted by molar-refractivity contribution is 0.328. The van der Waals surface area contributed by atoms with Gasteiger partial charge < -0.3 is 14.4 Å². The molecule has 0 amide bonds. The van der Waals surface area contributed by atoms with Crippen molar-refractivity contribution in [3.05, 3.63) is 48.7 Å². The van der Waals surface area contributed by atoms with Gasteiger partial charge in [0.15, 0.2) is 0 Å². The van der Waals surface area contributed by atoms with Crippen LogP contribution in [0, 0.1) is 0 Å². The highest BCUT2D eigenvalue weighted by molar-refractivity contribution is 5.48. The molecule has 1 heterocycles. The zero-order chi connectivity index (χ0) is 14.6. The van der Waals surface area contributed by atoms with Gasteiger partial charge in [0.25, 0.3) is 0 Å². The highest BCUT2D eigenvalue weighted by Gasteiger charge is 2.33. The Hall–Kier alpha value is -1.90. The van der Waals surface area contributed by atoms with Crippen molar-refractivity contribution < 1.29 is 9.47 Å². The maximum absolute atomic E-state index is 5.56. The predicted molar refractivity (Wildman–Crippen MR) is 82.4 cm³/mol. The summed E-state index contributed by atoms with van der Waals surface area (Å²) in [4.78, 5) is 2.20. The molecule has 1 aromatic rings. The Labute approximate surface area is 121 Å². The number of allylic oxidation sites excluding steroid dienone is 2. The van der Waals surface area contributed by atoms with E-state index in [1.165, 1.54) is 5.56 Å². The molecule has 1 atom stereocenters. The number of methoxy groups -OCH3 is 2. The van der Waals surface area contributed by atoms with Gasteiger partial charge in [-0.1, -0.05) is 12.2 Å². The van der Waals surface area contributed by atoms with Crippen molar-refractivity contribution >= 4 is 0 Å². The monoisotopic (exact) mass is 273 g/mol. The van der Waals surface area contributed by atoms with Crippen molar-refractivity contribution in [3.63, 3.8) is 0 Å². The summed E-state index contributed by atoms with van der Waals surface area (Å²) >= 11 is 0. The number of ether oxygens (including phenoxy) is 2. The molecule has 1 aliphatic heterocycles. The molecule has 3 nitrogen and oxygen atoms in total. The molecule has 20 heavy (non-hydrogen) atoms. The van der Waals surface area contributed by atoms with Gasteiger partial charge >= 0.3 is 0 Å². The van der Waals surface area contributed by atoms with E-state index >= 15 is 0 Å². The minimum Gasteiger partial charge on any atom is -0.497 e. The Morgan fingerprint density at radius 3 is 2.70 bits per heavy atom. The summed E-state index contributed by atoms with van der Waals surface area (Å²) in [6.45, 7) is 4.94. The third kappa shape index (κ3) is 2.67. The summed E-state index contributed by atoms with van der Waals surface area (Å²) in [6, 6.07) is 5.99. The van der Waals surface area contributed by atoms with Gasteiger partial charge in [-0.15, -0.1) is 6.58 Å².